The van der Waals surface area contributed by atoms with Gasteiger partial charge in [-0.05, 0) is 56.7 Å². The van der Waals surface area contributed by atoms with Crippen molar-refractivity contribution in [2.24, 2.45) is 5.92 Å². The van der Waals surface area contributed by atoms with E-state index in [2.05, 4.69) is 15.4 Å². The highest BCUT2D eigenvalue weighted by Crippen LogP contribution is 2.30. The van der Waals surface area contributed by atoms with Crippen LogP contribution >= 0.6 is 0 Å². The van der Waals surface area contributed by atoms with Crippen molar-refractivity contribution in [3.8, 4) is 0 Å². The predicted molar refractivity (Wildman–Crippen MR) is 89.4 cm³/mol. The van der Waals surface area contributed by atoms with Gasteiger partial charge in [0, 0.05) is 30.7 Å². The van der Waals surface area contributed by atoms with Crippen molar-refractivity contribution < 1.29 is 18.0 Å². The SMILES string of the molecule is Cc1cc(C(F)(F)F)nn1CC1CCC(NC(=O)c2cccnc2)CC1. The Morgan fingerprint density at radius 2 is 2.04 bits per heavy atom. The van der Waals surface area contributed by atoms with Crippen LogP contribution in [0.1, 0.15) is 47.4 Å². The molecule has 1 N–H and O–H groups in total. The minimum atomic E-state index is -4.41. The van der Waals surface area contributed by atoms with Crippen LogP contribution in [0, 0.1) is 12.8 Å². The Bertz CT molecular complexity index is 750. The summed E-state index contributed by atoms with van der Waals surface area (Å²) in [5.41, 5.74) is 0.207. The van der Waals surface area contributed by atoms with Crippen LogP contribution in [0.3, 0.4) is 0 Å². The van der Waals surface area contributed by atoms with Crippen molar-refractivity contribution in [3.05, 3.63) is 47.5 Å². The molecule has 2 aromatic heterocycles. The molecule has 0 spiro atoms. The first-order valence-electron chi connectivity index (χ1n) is 8.65. The van der Waals surface area contributed by atoms with Gasteiger partial charge in [0.15, 0.2) is 5.69 Å². The molecule has 8 heteroatoms. The molecule has 140 valence electrons. The number of amides is 1. The molecular formula is C18H21F3N4O. The molecule has 1 aliphatic carbocycles. The van der Waals surface area contributed by atoms with E-state index in [1.807, 2.05) is 0 Å². The fourth-order valence-electron chi connectivity index (χ4n) is 3.33. The maximum Gasteiger partial charge on any atom is 0.435 e. The van der Waals surface area contributed by atoms with Gasteiger partial charge in [-0.15, -0.1) is 0 Å². The summed E-state index contributed by atoms with van der Waals surface area (Å²) in [5, 5.41) is 6.70. The lowest BCUT2D eigenvalue weighted by atomic mass is 9.86. The van der Waals surface area contributed by atoms with Crippen molar-refractivity contribution >= 4 is 5.91 Å². The third-order valence-corrected chi connectivity index (χ3v) is 4.81. The van der Waals surface area contributed by atoms with Crippen molar-refractivity contribution in [2.45, 2.75) is 51.4 Å². The predicted octanol–water partition coefficient (Wildman–Crippen LogP) is 3.59. The Labute approximate surface area is 149 Å². The zero-order valence-electron chi connectivity index (χ0n) is 14.5. The number of carbonyl (C=O) groups excluding carboxylic acids is 1. The molecule has 0 saturated heterocycles. The van der Waals surface area contributed by atoms with Crippen LogP contribution in [0.15, 0.2) is 30.6 Å². The average molecular weight is 366 g/mol. The Kier molecular flexibility index (Phi) is 5.29. The summed E-state index contributed by atoms with van der Waals surface area (Å²) in [4.78, 5) is 16.1. The van der Waals surface area contributed by atoms with Gasteiger partial charge in [0.25, 0.3) is 5.91 Å². The van der Waals surface area contributed by atoms with Gasteiger partial charge < -0.3 is 5.32 Å². The molecule has 0 atom stereocenters. The van der Waals surface area contributed by atoms with Gasteiger partial charge in [-0.2, -0.15) is 18.3 Å². The minimum absolute atomic E-state index is 0.0865. The van der Waals surface area contributed by atoms with Crippen molar-refractivity contribution in [1.82, 2.24) is 20.1 Å². The smallest absolute Gasteiger partial charge is 0.349 e. The lowest BCUT2D eigenvalue weighted by Crippen LogP contribution is -2.38. The Balaban J connectivity index is 1.51. The van der Waals surface area contributed by atoms with Crippen LogP contribution in [0.25, 0.3) is 0 Å². The molecule has 26 heavy (non-hydrogen) atoms. The van der Waals surface area contributed by atoms with Crippen LogP contribution < -0.4 is 5.32 Å². The molecule has 1 saturated carbocycles. The molecule has 0 radical (unpaired) electrons. The zero-order valence-corrected chi connectivity index (χ0v) is 14.5. The van der Waals surface area contributed by atoms with Gasteiger partial charge in [-0.1, -0.05) is 0 Å². The Morgan fingerprint density at radius 1 is 1.31 bits per heavy atom. The first-order chi connectivity index (χ1) is 12.3. The lowest BCUT2D eigenvalue weighted by Gasteiger charge is -2.29. The second-order valence-electron chi connectivity index (χ2n) is 6.78. The van der Waals surface area contributed by atoms with Crippen molar-refractivity contribution in [2.75, 3.05) is 0 Å². The van der Waals surface area contributed by atoms with E-state index in [4.69, 9.17) is 0 Å². The minimum Gasteiger partial charge on any atom is -0.349 e. The highest BCUT2D eigenvalue weighted by atomic mass is 19.4. The van der Waals surface area contributed by atoms with E-state index in [0.717, 1.165) is 31.7 Å². The molecular weight excluding hydrogens is 345 g/mol. The van der Waals surface area contributed by atoms with Gasteiger partial charge in [-0.3, -0.25) is 14.5 Å². The molecule has 2 heterocycles. The zero-order chi connectivity index (χ0) is 18.7. The fourth-order valence-corrected chi connectivity index (χ4v) is 3.33. The van der Waals surface area contributed by atoms with E-state index in [9.17, 15) is 18.0 Å². The van der Waals surface area contributed by atoms with Gasteiger partial charge in [0.2, 0.25) is 0 Å². The fraction of sp³-hybridized carbons (Fsp3) is 0.500. The van der Waals surface area contributed by atoms with E-state index in [0.29, 0.717) is 17.8 Å². The molecule has 0 aliphatic heterocycles. The number of nitrogens with one attached hydrogen (secondary N) is 1. The van der Waals surface area contributed by atoms with E-state index in [1.54, 1.807) is 25.3 Å². The maximum absolute atomic E-state index is 12.8. The number of aromatic nitrogens is 3. The number of nitrogens with zero attached hydrogens (tertiary/aromatic N) is 3. The number of hydrogen-bond donors (Lipinski definition) is 1. The summed E-state index contributed by atoms with van der Waals surface area (Å²) in [5.74, 6) is 0.125. The standard InChI is InChI=1S/C18H21F3N4O/c1-12-9-16(18(19,20)21)24-25(12)11-13-4-6-15(7-5-13)23-17(26)14-3-2-8-22-10-14/h2-3,8-10,13,15H,4-7,11H2,1H3,(H,23,26). The largest absolute Gasteiger partial charge is 0.435 e. The van der Waals surface area contributed by atoms with E-state index >= 15 is 0 Å². The third-order valence-electron chi connectivity index (χ3n) is 4.81. The molecule has 2 aromatic rings. The van der Waals surface area contributed by atoms with E-state index < -0.39 is 11.9 Å². The van der Waals surface area contributed by atoms with Crippen molar-refractivity contribution in [1.29, 1.82) is 0 Å². The molecule has 1 amide bonds. The lowest BCUT2D eigenvalue weighted by molar-refractivity contribution is -0.141. The molecule has 0 unspecified atom stereocenters. The van der Waals surface area contributed by atoms with Crippen LogP contribution in [-0.2, 0) is 12.7 Å². The van der Waals surface area contributed by atoms with Gasteiger partial charge in [0.05, 0.1) is 5.56 Å². The topological polar surface area (TPSA) is 59.8 Å². The molecule has 1 aliphatic rings. The Morgan fingerprint density at radius 3 is 2.62 bits per heavy atom. The number of carbonyl (C=O) groups is 1. The van der Waals surface area contributed by atoms with Gasteiger partial charge in [0.1, 0.15) is 0 Å². The molecule has 0 aromatic carbocycles. The second kappa shape index (κ2) is 7.47. The summed E-state index contributed by atoms with van der Waals surface area (Å²) >= 11 is 0. The summed E-state index contributed by atoms with van der Waals surface area (Å²) < 4.78 is 39.7. The summed E-state index contributed by atoms with van der Waals surface area (Å²) in [7, 11) is 0. The third kappa shape index (κ3) is 4.42. The van der Waals surface area contributed by atoms with E-state index in [1.165, 1.54) is 10.9 Å². The molecule has 0 bridgehead atoms. The quantitative estimate of drug-likeness (QED) is 0.900. The average Bonchev–Trinajstić information content (AvgIpc) is 2.98. The number of halogens is 3. The first kappa shape index (κ1) is 18.4. The highest BCUT2D eigenvalue weighted by Gasteiger charge is 2.34. The summed E-state index contributed by atoms with van der Waals surface area (Å²) in [6.07, 6.45) is 2.04. The number of rotatable bonds is 4. The van der Waals surface area contributed by atoms with Crippen LogP contribution in [-0.4, -0.2) is 26.7 Å². The normalized spacial score (nSPS) is 20.8. The highest BCUT2D eigenvalue weighted by molar-refractivity contribution is 5.93. The monoisotopic (exact) mass is 366 g/mol. The molecule has 3 rings (SSSR count). The van der Waals surface area contributed by atoms with Crippen LogP contribution in [0.5, 0.6) is 0 Å². The molecule has 1 fully saturated rings. The Hall–Kier alpha value is -2.38. The first-order valence-corrected chi connectivity index (χ1v) is 8.65. The molecule has 5 nitrogen and oxygen atoms in total. The summed E-state index contributed by atoms with van der Waals surface area (Å²) in [6, 6.07) is 4.60. The van der Waals surface area contributed by atoms with Crippen LogP contribution in [0.4, 0.5) is 13.2 Å². The van der Waals surface area contributed by atoms with Gasteiger partial charge in [-0.25, -0.2) is 0 Å². The van der Waals surface area contributed by atoms with E-state index in [-0.39, 0.29) is 17.9 Å². The van der Waals surface area contributed by atoms with Crippen molar-refractivity contribution in [3.63, 3.8) is 0 Å². The summed E-state index contributed by atoms with van der Waals surface area (Å²) in [6.45, 7) is 2.12. The maximum atomic E-state index is 12.8. The number of hydrogen-bond acceptors (Lipinski definition) is 3. The number of pyridine rings is 1. The number of alkyl halides is 3. The van der Waals surface area contributed by atoms with Gasteiger partial charge >= 0.3 is 6.18 Å². The second-order valence-corrected chi connectivity index (χ2v) is 6.78. The van der Waals surface area contributed by atoms with Crippen LogP contribution in [0.2, 0.25) is 0 Å². The number of aryl methyl sites for hydroxylation is 1.